The number of anilines is 1. The lowest BCUT2D eigenvalue weighted by Crippen LogP contribution is -2.27. The van der Waals surface area contributed by atoms with Crippen molar-refractivity contribution in [2.75, 3.05) is 18.4 Å². The second-order valence-corrected chi connectivity index (χ2v) is 7.32. The molecule has 0 unspecified atom stereocenters. The molecule has 1 heterocycles. The molecular formula is C25H24N4O2. The van der Waals surface area contributed by atoms with Crippen molar-refractivity contribution in [3.8, 4) is 11.1 Å². The Kier molecular flexibility index (Phi) is 6.38. The van der Waals surface area contributed by atoms with Crippen LogP contribution in [0.5, 0.6) is 0 Å². The fourth-order valence-corrected chi connectivity index (χ4v) is 3.51. The number of aromatic nitrogens is 2. The first kappa shape index (κ1) is 20.3. The van der Waals surface area contributed by atoms with Crippen molar-refractivity contribution < 1.29 is 4.79 Å². The molecule has 0 fully saturated rings. The second kappa shape index (κ2) is 9.71. The van der Waals surface area contributed by atoms with E-state index in [4.69, 9.17) is 0 Å². The highest BCUT2D eigenvalue weighted by molar-refractivity contribution is 5.90. The molecule has 0 aliphatic carbocycles. The lowest BCUT2D eigenvalue weighted by Gasteiger charge is -2.09. The number of nitrogens with one attached hydrogen (secondary N) is 3. The van der Waals surface area contributed by atoms with Gasteiger partial charge in [-0.2, -0.15) is 5.10 Å². The van der Waals surface area contributed by atoms with Crippen LogP contribution in [0.25, 0.3) is 21.9 Å². The van der Waals surface area contributed by atoms with Gasteiger partial charge in [-0.25, -0.2) is 5.10 Å². The summed E-state index contributed by atoms with van der Waals surface area (Å²) in [6, 6.07) is 25.5. The number of hydrogen-bond acceptors (Lipinski definition) is 4. The quantitative estimate of drug-likeness (QED) is 0.385. The Hall–Kier alpha value is -3.93. The van der Waals surface area contributed by atoms with Gasteiger partial charge >= 0.3 is 0 Å². The molecule has 0 saturated heterocycles. The Morgan fingerprint density at radius 1 is 0.839 bits per heavy atom. The zero-order valence-electron chi connectivity index (χ0n) is 17.1. The largest absolute Gasteiger partial charge is 0.368 e. The highest BCUT2D eigenvalue weighted by Gasteiger charge is 2.07. The van der Waals surface area contributed by atoms with E-state index in [0.717, 1.165) is 28.5 Å². The summed E-state index contributed by atoms with van der Waals surface area (Å²) in [6.45, 7) is 1.19. The van der Waals surface area contributed by atoms with E-state index in [2.05, 4.69) is 45.1 Å². The number of rotatable bonds is 8. The van der Waals surface area contributed by atoms with E-state index >= 15 is 0 Å². The fourth-order valence-electron chi connectivity index (χ4n) is 3.51. The van der Waals surface area contributed by atoms with Crippen LogP contribution in [-0.4, -0.2) is 29.2 Å². The molecule has 0 saturated carbocycles. The van der Waals surface area contributed by atoms with Crippen LogP contribution in [0.1, 0.15) is 12.0 Å². The Morgan fingerprint density at radius 3 is 2.42 bits per heavy atom. The van der Waals surface area contributed by atoms with Gasteiger partial charge in [-0.05, 0) is 29.2 Å². The van der Waals surface area contributed by atoms with Crippen molar-refractivity contribution >= 4 is 22.5 Å². The maximum absolute atomic E-state index is 12.3. The van der Waals surface area contributed by atoms with Gasteiger partial charge in [0.25, 0.3) is 5.56 Å². The highest BCUT2D eigenvalue weighted by atomic mass is 16.1. The maximum Gasteiger partial charge on any atom is 0.272 e. The van der Waals surface area contributed by atoms with E-state index in [1.807, 2.05) is 48.5 Å². The summed E-state index contributed by atoms with van der Waals surface area (Å²) in [5.74, 6) is 0.636. The van der Waals surface area contributed by atoms with E-state index < -0.39 is 0 Å². The summed E-state index contributed by atoms with van der Waals surface area (Å²) in [7, 11) is 0. The fraction of sp³-hybridized carbons (Fsp3) is 0.160. The summed E-state index contributed by atoms with van der Waals surface area (Å²) in [6.07, 6.45) is 1.09. The van der Waals surface area contributed by atoms with Crippen LogP contribution in [0, 0.1) is 0 Å². The van der Waals surface area contributed by atoms with Gasteiger partial charge in [0, 0.05) is 18.5 Å². The van der Waals surface area contributed by atoms with Crippen molar-refractivity contribution in [3.63, 3.8) is 0 Å². The lowest BCUT2D eigenvalue weighted by molar-refractivity contribution is -0.120. The number of hydrogen-bond donors (Lipinski definition) is 3. The van der Waals surface area contributed by atoms with Gasteiger partial charge < -0.3 is 10.6 Å². The molecule has 6 heteroatoms. The average molecular weight is 412 g/mol. The van der Waals surface area contributed by atoms with E-state index in [1.165, 1.54) is 0 Å². The van der Waals surface area contributed by atoms with Crippen LogP contribution in [0.2, 0.25) is 0 Å². The molecule has 0 radical (unpaired) electrons. The molecule has 0 bridgehead atoms. The van der Waals surface area contributed by atoms with Crippen LogP contribution in [0.15, 0.2) is 83.7 Å². The number of carbonyl (C=O) groups excluding carboxylic acids is 1. The van der Waals surface area contributed by atoms with Crippen molar-refractivity contribution in [1.82, 2.24) is 15.5 Å². The van der Waals surface area contributed by atoms with Crippen molar-refractivity contribution in [1.29, 1.82) is 0 Å². The van der Waals surface area contributed by atoms with Crippen LogP contribution >= 0.6 is 0 Å². The van der Waals surface area contributed by atoms with Crippen LogP contribution < -0.4 is 16.2 Å². The van der Waals surface area contributed by atoms with Crippen LogP contribution in [-0.2, 0) is 11.2 Å². The van der Waals surface area contributed by atoms with Crippen molar-refractivity contribution in [3.05, 3.63) is 94.8 Å². The minimum atomic E-state index is -0.204. The molecule has 156 valence electrons. The third-order valence-corrected chi connectivity index (χ3v) is 5.06. The molecule has 4 aromatic rings. The van der Waals surface area contributed by atoms with Gasteiger partial charge in [-0.1, -0.05) is 72.8 Å². The smallest absolute Gasteiger partial charge is 0.272 e. The van der Waals surface area contributed by atoms with E-state index in [1.54, 1.807) is 6.07 Å². The van der Waals surface area contributed by atoms with Crippen molar-refractivity contribution in [2.24, 2.45) is 0 Å². The summed E-state index contributed by atoms with van der Waals surface area (Å²) in [5, 5.41) is 14.2. The molecule has 31 heavy (non-hydrogen) atoms. The Balaban J connectivity index is 1.25. The zero-order valence-corrected chi connectivity index (χ0v) is 17.1. The number of amides is 1. The second-order valence-electron chi connectivity index (χ2n) is 7.32. The lowest BCUT2D eigenvalue weighted by atomic mass is 10.0. The summed E-state index contributed by atoms with van der Waals surface area (Å²) >= 11 is 0. The van der Waals surface area contributed by atoms with Gasteiger partial charge in [-0.3, -0.25) is 9.59 Å². The average Bonchev–Trinajstić information content (AvgIpc) is 2.81. The number of carbonyl (C=O) groups is 1. The van der Waals surface area contributed by atoms with Gasteiger partial charge in [0.1, 0.15) is 0 Å². The van der Waals surface area contributed by atoms with Crippen LogP contribution in [0.3, 0.4) is 0 Å². The first-order chi connectivity index (χ1) is 15.2. The third-order valence-electron chi connectivity index (χ3n) is 5.06. The Bertz CT molecular complexity index is 1230. The van der Waals surface area contributed by atoms with E-state index in [9.17, 15) is 9.59 Å². The topological polar surface area (TPSA) is 86.9 Å². The predicted octanol–water partition coefficient (Wildman–Crippen LogP) is 3.75. The first-order valence-electron chi connectivity index (χ1n) is 10.3. The minimum absolute atomic E-state index is 0.00201. The van der Waals surface area contributed by atoms with Gasteiger partial charge in [0.05, 0.1) is 11.8 Å². The molecule has 0 aliphatic rings. The summed E-state index contributed by atoms with van der Waals surface area (Å²) < 4.78 is 0. The molecule has 0 aliphatic heterocycles. The summed E-state index contributed by atoms with van der Waals surface area (Å²) in [4.78, 5) is 24.2. The maximum atomic E-state index is 12.3. The molecule has 3 N–H and O–H groups in total. The zero-order chi connectivity index (χ0) is 21.5. The number of benzene rings is 3. The normalized spacial score (nSPS) is 10.7. The number of nitrogens with zero attached hydrogens (tertiary/aromatic N) is 1. The van der Waals surface area contributed by atoms with Gasteiger partial charge in [0.15, 0.2) is 5.82 Å². The number of fused-ring (bicyclic) bond motifs is 1. The van der Waals surface area contributed by atoms with E-state index in [-0.39, 0.29) is 11.5 Å². The summed E-state index contributed by atoms with van der Waals surface area (Å²) in [5.41, 5.74) is 3.03. The number of aromatic amines is 1. The van der Waals surface area contributed by atoms with Crippen molar-refractivity contribution in [2.45, 2.75) is 12.8 Å². The monoisotopic (exact) mass is 412 g/mol. The van der Waals surface area contributed by atoms with E-state index in [0.29, 0.717) is 30.7 Å². The molecule has 4 rings (SSSR count). The molecule has 1 aromatic heterocycles. The third kappa shape index (κ3) is 5.17. The Labute approximate surface area is 180 Å². The standard InChI is InChI=1S/C25H24N4O2/c30-23(17-18-8-6-11-20(16-18)19-9-2-1-3-10-19)26-14-7-15-27-24-21-12-4-5-13-22(21)25(31)29-28-24/h1-6,8-13,16H,7,14-15,17H2,(H,26,30)(H,27,28)(H,29,31). The highest BCUT2D eigenvalue weighted by Crippen LogP contribution is 2.20. The molecule has 0 atom stereocenters. The van der Waals surface area contributed by atoms with Gasteiger partial charge in [-0.15, -0.1) is 0 Å². The molecule has 0 spiro atoms. The molecule has 1 amide bonds. The first-order valence-corrected chi connectivity index (χ1v) is 10.3. The Morgan fingerprint density at radius 2 is 1.58 bits per heavy atom. The SMILES string of the molecule is O=C(Cc1cccc(-c2ccccc2)c1)NCCCNc1n[nH]c(=O)c2ccccc12. The predicted molar refractivity (Wildman–Crippen MR) is 124 cm³/mol. The molecule has 6 nitrogen and oxygen atoms in total. The van der Waals surface area contributed by atoms with Gasteiger partial charge in [0.2, 0.25) is 5.91 Å². The number of H-pyrrole nitrogens is 1. The minimum Gasteiger partial charge on any atom is -0.368 e. The van der Waals surface area contributed by atoms with Crippen LogP contribution in [0.4, 0.5) is 5.82 Å². The molecule has 3 aromatic carbocycles. The molecular weight excluding hydrogens is 388 g/mol.